The van der Waals surface area contributed by atoms with Crippen molar-refractivity contribution < 1.29 is 14.3 Å². The Hall–Kier alpha value is -2.19. The van der Waals surface area contributed by atoms with E-state index in [1.807, 2.05) is 0 Å². The number of rotatable bonds is 5. The minimum absolute atomic E-state index is 0.180. The lowest BCUT2D eigenvalue weighted by molar-refractivity contribution is 0.0600. The van der Waals surface area contributed by atoms with Gasteiger partial charge in [-0.15, -0.1) is 0 Å². The minimum atomic E-state index is -1.51. The molecule has 0 radical (unpaired) electrons. The molecule has 2 rings (SSSR count). The van der Waals surface area contributed by atoms with Crippen LogP contribution in [0.2, 0.25) is 39.3 Å². The third-order valence-corrected chi connectivity index (χ3v) is 8.53. The van der Waals surface area contributed by atoms with E-state index in [0.717, 1.165) is 5.69 Å². The molecule has 144 valence electrons. The molecule has 0 aliphatic carbocycles. The lowest BCUT2D eigenvalue weighted by Gasteiger charge is -2.24. The van der Waals surface area contributed by atoms with Crippen LogP contribution in [0.15, 0.2) is 42.5 Å². The summed E-state index contributed by atoms with van der Waals surface area (Å²) in [6.45, 7) is 13.9. The Bertz CT molecular complexity index is 815. The van der Waals surface area contributed by atoms with E-state index in [0.29, 0.717) is 11.1 Å². The molecule has 1 amide bonds. The largest absolute Gasteiger partial charge is 0.465 e. The lowest BCUT2D eigenvalue weighted by atomic mass is 10.1. The summed E-state index contributed by atoms with van der Waals surface area (Å²) in [7, 11) is -1.68. The molecule has 0 saturated carbocycles. The van der Waals surface area contributed by atoms with Gasteiger partial charge in [-0.2, -0.15) is 0 Å². The van der Waals surface area contributed by atoms with Crippen LogP contribution in [0, 0.1) is 0 Å². The van der Waals surface area contributed by atoms with E-state index < -0.39 is 22.1 Å². The second-order valence-corrected chi connectivity index (χ2v) is 19.0. The standard InChI is InChI=1S/C21H29NO3Si2/c1-25-21(24)16-10-8-15(9-11-16)20(23)22-17-12-18(26(2,3)4)14-19(13-17)27(5,6)7/h8-14H,1-7H3,(H,22,23). The van der Waals surface area contributed by atoms with Crippen LogP contribution in [0.5, 0.6) is 0 Å². The fourth-order valence-corrected chi connectivity index (χ4v) is 5.14. The molecule has 0 bridgehead atoms. The predicted molar refractivity (Wildman–Crippen MR) is 118 cm³/mol. The number of hydrogen-bond donors (Lipinski definition) is 1. The molecular formula is C21H29NO3Si2. The number of carbonyl (C=O) groups excluding carboxylic acids is 2. The molecule has 0 spiro atoms. The van der Waals surface area contributed by atoms with Gasteiger partial charge in [0.1, 0.15) is 0 Å². The lowest BCUT2D eigenvalue weighted by Crippen LogP contribution is -2.45. The van der Waals surface area contributed by atoms with E-state index in [2.05, 4.69) is 62.8 Å². The van der Waals surface area contributed by atoms with Crippen molar-refractivity contribution in [3.8, 4) is 0 Å². The van der Waals surface area contributed by atoms with Gasteiger partial charge in [0.15, 0.2) is 0 Å². The quantitative estimate of drug-likeness (QED) is 0.614. The second-order valence-electron chi connectivity index (χ2n) is 8.82. The van der Waals surface area contributed by atoms with E-state index >= 15 is 0 Å². The maximum atomic E-state index is 12.7. The summed E-state index contributed by atoms with van der Waals surface area (Å²) < 4.78 is 4.69. The van der Waals surface area contributed by atoms with Crippen LogP contribution in [-0.2, 0) is 4.74 Å². The molecule has 0 heterocycles. The molecule has 0 aliphatic rings. The molecule has 4 nitrogen and oxygen atoms in total. The van der Waals surface area contributed by atoms with Crippen LogP contribution >= 0.6 is 0 Å². The highest BCUT2D eigenvalue weighted by Gasteiger charge is 2.23. The van der Waals surface area contributed by atoms with Crippen molar-refractivity contribution in [2.75, 3.05) is 12.4 Å². The van der Waals surface area contributed by atoms with Crippen LogP contribution in [0.1, 0.15) is 20.7 Å². The molecule has 6 heteroatoms. The van der Waals surface area contributed by atoms with E-state index in [4.69, 9.17) is 4.74 Å². The van der Waals surface area contributed by atoms with Crippen molar-refractivity contribution in [3.63, 3.8) is 0 Å². The molecule has 2 aromatic rings. The Kier molecular flexibility index (Phi) is 6.12. The van der Waals surface area contributed by atoms with E-state index in [-0.39, 0.29) is 5.91 Å². The minimum Gasteiger partial charge on any atom is -0.465 e. The highest BCUT2D eigenvalue weighted by Crippen LogP contribution is 2.14. The number of methoxy groups -OCH3 is 1. The van der Waals surface area contributed by atoms with Gasteiger partial charge in [-0.25, -0.2) is 4.79 Å². The maximum absolute atomic E-state index is 12.7. The molecule has 0 atom stereocenters. The van der Waals surface area contributed by atoms with Gasteiger partial charge >= 0.3 is 5.97 Å². The fourth-order valence-electron chi connectivity index (χ4n) is 2.64. The number of esters is 1. The number of ether oxygens (including phenoxy) is 1. The Morgan fingerprint density at radius 3 is 1.63 bits per heavy atom. The van der Waals surface area contributed by atoms with Crippen molar-refractivity contribution in [2.45, 2.75) is 39.3 Å². The number of carbonyl (C=O) groups is 2. The van der Waals surface area contributed by atoms with Crippen molar-refractivity contribution in [2.24, 2.45) is 0 Å². The van der Waals surface area contributed by atoms with Gasteiger partial charge in [0.25, 0.3) is 5.91 Å². The number of benzene rings is 2. The zero-order valence-electron chi connectivity index (χ0n) is 17.3. The van der Waals surface area contributed by atoms with Crippen molar-refractivity contribution >= 4 is 44.1 Å². The highest BCUT2D eigenvalue weighted by atomic mass is 28.3. The molecule has 0 aromatic heterocycles. The summed E-state index contributed by atoms with van der Waals surface area (Å²) in [6, 6.07) is 13.0. The maximum Gasteiger partial charge on any atom is 0.337 e. The SMILES string of the molecule is COC(=O)c1ccc(C(=O)Nc2cc([Si](C)(C)C)cc([Si](C)(C)C)c2)cc1. The molecule has 0 fully saturated rings. The molecular weight excluding hydrogens is 370 g/mol. The molecule has 1 N–H and O–H groups in total. The van der Waals surface area contributed by atoms with Gasteiger partial charge in [-0.3, -0.25) is 4.79 Å². The first-order valence-corrected chi connectivity index (χ1v) is 16.1. The molecule has 2 aromatic carbocycles. The Morgan fingerprint density at radius 2 is 1.22 bits per heavy atom. The first-order chi connectivity index (χ1) is 12.4. The highest BCUT2D eigenvalue weighted by molar-refractivity contribution is 6.91. The summed E-state index contributed by atoms with van der Waals surface area (Å²) in [4.78, 5) is 24.2. The van der Waals surface area contributed by atoms with Gasteiger partial charge in [0.2, 0.25) is 0 Å². The zero-order chi connectivity index (χ0) is 20.4. The second kappa shape index (κ2) is 7.82. The summed E-state index contributed by atoms with van der Waals surface area (Å²) in [5.74, 6) is -0.592. The van der Waals surface area contributed by atoms with Crippen molar-refractivity contribution in [1.29, 1.82) is 0 Å². The number of hydrogen-bond acceptors (Lipinski definition) is 3. The first kappa shape index (κ1) is 21.1. The third kappa shape index (κ3) is 5.40. The molecule has 0 aliphatic heterocycles. The molecule has 27 heavy (non-hydrogen) atoms. The summed E-state index contributed by atoms with van der Waals surface area (Å²) in [5, 5.41) is 5.73. The van der Waals surface area contributed by atoms with Crippen LogP contribution < -0.4 is 15.7 Å². The normalized spacial score (nSPS) is 11.8. The van der Waals surface area contributed by atoms with E-state index in [9.17, 15) is 9.59 Å². The monoisotopic (exact) mass is 399 g/mol. The third-order valence-electron chi connectivity index (χ3n) is 4.49. The molecule has 0 saturated heterocycles. The Labute approximate surface area is 164 Å². The number of nitrogens with one attached hydrogen (secondary N) is 1. The van der Waals surface area contributed by atoms with Crippen LogP contribution in [0.4, 0.5) is 5.69 Å². The van der Waals surface area contributed by atoms with Crippen LogP contribution in [0.25, 0.3) is 0 Å². The zero-order valence-corrected chi connectivity index (χ0v) is 19.3. The first-order valence-electron chi connectivity index (χ1n) is 9.07. The summed E-state index contributed by atoms with van der Waals surface area (Å²) >= 11 is 0. The van der Waals surface area contributed by atoms with Gasteiger partial charge in [-0.05, 0) is 36.4 Å². The Morgan fingerprint density at radius 1 is 0.778 bits per heavy atom. The Balaban J connectivity index is 2.33. The van der Waals surface area contributed by atoms with Gasteiger partial charge < -0.3 is 10.1 Å². The summed E-state index contributed by atoms with van der Waals surface area (Å²) in [5.41, 5.74) is 1.78. The fraction of sp³-hybridized carbons (Fsp3) is 0.333. The average Bonchev–Trinajstić information content (AvgIpc) is 2.59. The number of amides is 1. The topological polar surface area (TPSA) is 55.4 Å². The van der Waals surface area contributed by atoms with E-state index in [1.54, 1.807) is 24.3 Å². The van der Waals surface area contributed by atoms with Crippen LogP contribution in [0.3, 0.4) is 0 Å². The summed E-state index contributed by atoms with van der Waals surface area (Å²) in [6.07, 6.45) is 0. The molecule has 0 unspecified atom stereocenters. The van der Waals surface area contributed by atoms with Crippen molar-refractivity contribution in [1.82, 2.24) is 0 Å². The smallest absolute Gasteiger partial charge is 0.337 e. The average molecular weight is 400 g/mol. The number of anilines is 1. The van der Waals surface area contributed by atoms with Gasteiger partial charge in [-0.1, -0.05) is 55.7 Å². The van der Waals surface area contributed by atoms with Gasteiger partial charge in [0, 0.05) is 11.3 Å². The van der Waals surface area contributed by atoms with Crippen molar-refractivity contribution in [3.05, 3.63) is 53.6 Å². The van der Waals surface area contributed by atoms with E-state index in [1.165, 1.54) is 17.5 Å². The van der Waals surface area contributed by atoms with Gasteiger partial charge in [0.05, 0.1) is 28.8 Å². The predicted octanol–water partition coefficient (Wildman–Crippen LogP) is 3.82. The van der Waals surface area contributed by atoms with Crippen LogP contribution in [-0.4, -0.2) is 35.1 Å².